The standard InChI is InChI=1S/C12H18N2O3S2/c1-9-5-7-18-11(9)12(15)14-6-3-4-10(14)8-19(16,17)13-2/h5,7,10,13H,3-4,6,8H2,1-2H3/t10-/m0/s1. The van der Waals surface area contributed by atoms with Crippen LogP contribution in [0.25, 0.3) is 0 Å². The van der Waals surface area contributed by atoms with Crippen molar-refractivity contribution in [2.24, 2.45) is 0 Å². The van der Waals surface area contributed by atoms with Crippen LogP contribution in [0.2, 0.25) is 0 Å². The summed E-state index contributed by atoms with van der Waals surface area (Å²) in [6.07, 6.45) is 1.61. The molecule has 1 amide bonds. The number of rotatable bonds is 4. The number of aryl methyl sites for hydroxylation is 1. The Balaban J connectivity index is 2.15. The number of carbonyl (C=O) groups excluding carboxylic acids is 1. The number of nitrogens with one attached hydrogen (secondary N) is 1. The van der Waals surface area contributed by atoms with E-state index in [1.165, 1.54) is 18.4 Å². The zero-order chi connectivity index (χ0) is 14.0. The number of carbonyl (C=O) groups is 1. The Labute approximate surface area is 117 Å². The summed E-state index contributed by atoms with van der Waals surface area (Å²) >= 11 is 1.41. The fourth-order valence-electron chi connectivity index (χ4n) is 2.34. The predicted molar refractivity (Wildman–Crippen MR) is 76.0 cm³/mol. The topological polar surface area (TPSA) is 66.5 Å². The monoisotopic (exact) mass is 302 g/mol. The minimum absolute atomic E-state index is 0.0142. The van der Waals surface area contributed by atoms with Crippen molar-refractivity contribution in [1.29, 1.82) is 0 Å². The molecule has 0 bridgehead atoms. The molecular weight excluding hydrogens is 284 g/mol. The maximum Gasteiger partial charge on any atom is 0.264 e. The van der Waals surface area contributed by atoms with Crippen molar-refractivity contribution in [2.75, 3.05) is 19.3 Å². The van der Waals surface area contributed by atoms with Crippen LogP contribution >= 0.6 is 11.3 Å². The quantitative estimate of drug-likeness (QED) is 0.909. The molecule has 1 aromatic rings. The normalized spacial score (nSPS) is 19.9. The largest absolute Gasteiger partial charge is 0.334 e. The summed E-state index contributed by atoms with van der Waals surface area (Å²) in [5.41, 5.74) is 0.956. The van der Waals surface area contributed by atoms with Gasteiger partial charge in [-0.15, -0.1) is 11.3 Å². The van der Waals surface area contributed by atoms with Crippen molar-refractivity contribution in [3.8, 4) is 0 Å². The van der Waals surface area contributed by atoms with E-state index in [-0.39, 0.29) is 17.7 Å². The Kier molecular flexibility index (Phi) is 4.27. The molecule has 1 atom stereocenters. The molecule has 1 aromatic heterocycles. The molecule has 19 heavy (non-hydrogen) atoms. The zero-order valence-electron chi connectivity index (χ0n) is 11.0. The number of amides is 1. The molecule has 1 fully saturated rings. The number of nitrogens with zero attached hydrogens (tertiary/aromatic N) is 1. The second-order valence-electron chi connectivity index (χ2n) is 4.71. The van der Waals surface area contributed by atoms with Gasteiger partial charge in [0.05, 0.1) is 10.6 Å². The van der Waals surface area contributed by atoms with Gasteiger partial charge in [0.2, 0.25) is 10.0 Å². The molecule has 0 aliphatic carbocycles. The molecule has 1 aliphatic heterocycles. The first-order chi connectivity index (χ1) is 8.94. The average molecular weight is 302 g/mol. The summed E-state index contributed by atoms with van der Waals surface area (Å²) in [6.45, 7) is 2.54. The molecule has 1 saturated heterocycles. The van der Waals surface area contributed by atoms with Crippen molar-refractivity contribution in [2.45, 2.75) is 25.8 Å². The third-order valence-electron chi connectivity index (χ3n) is 3.42. The van der Waals surface area contributed by atoms with E-state index in [4.69, 9.17) is 0 Å². The lowest BCUT2D eigenvalue weighted by molar-refractivity contribution is 0.0753. The lowest BCUT2D eigenvalue weighted by Crippen LogP contribution is -2.41. The van der Waals surface area contributed by atoms with Gasteiger partial charge in [-0.05, 0) is 43.8 Å². The van der Waals surface area contributed by atoms with E-state index in [2.05, 4.69) is 4.72 Å². The summed E-state index contributed by atoms with van der Waals surface area (Å²) in [6, 6.07) is 1.69. The van der Waals surface area contributed by atoms with E-state index in [9.17, 15) is 13.2 Å². The second kappa shape index (κ2) is 5.60. The van der Waals surface area contributed by atoms with Crippen LogP contribution in [0.4, 0.5) is 0 Å². The van der Waals surface area contributed by atoms with E-state index in [1.807, 2.05) is 18.4 Å². The molecule has 1 aliphatic rings. The molecule has 1 N–H and O–H groups in total. The van der Waals surface area contributed by atoms with Crippen molar-refractivity contribution in [1.82, 2.24) is 9.62 Å². The maximum absolute atomic E-state index is 12.4. The summed E-state index contributed by atoms with van der Waals surface area (Å²) in [5.74, 6) is -0.0547. The Morgan fingerprint density at radius 1 is 1.58 bits per heavy atom. The Bertz CT molecular complexity index is 565. The van der Waals surface area contributed by atoms with Gasteiger partial charge in [-0.1, -0.05) is 0 Å². The Morgan fingerprint density at radius 3 is 2.89 bits per heavy atom. The minimum atomic E-state index is -3.29. The number of likely N-dealkylation sites (tertiary alicyclic amines) is 1. The van der Waals surface area contributed by atoms with E-state index in [1.54, 1.807) is 4.90 Å². The van der Waals surface area contributed by atoms with E-state index >= 15 is 0 Å². The van der Waals surface area contributed by atoms with Gasteiger partial charge in [-0.3, -0.25) is 4.79 Å². The Hall–Kier alpha value is -0.920. The number of thiophene rings is 1. The summed E-state index contributed by atoms with van der Waals surface area (Å²) in [4.78, 5) is 14.9. The molecule has 0 aromatic carbocycles. The van der Waals surface area contributed by atoms with Gasteiger partial charge in [0.25, 0.3) is 5.91 Å². The molecule has 0 unspecified atom stereocenters. The van der Waals surface area contributed by atoms with E-state index in [0.29, 0.717) is 11.4 Å². The molecule has 0 spiro atoms. The average Bonchev–Trinajstić information content (AvgIpc) is 2.97. The van der Waals surface area contributed by atoms with Crippen LogP contribution in [0.3, 0.4) is 0 Å². The number of hydrogen-bond acceptors (Lipinski definition) is 4. The van der Waals surface area contributed by atoms with Crippen molar-refractivity contribution in [3.63, 3.8) is 0 Å². The van der Waals surface area contributed by atoms with Gasteiger partial charge in [-0.25, -0.2) is 13.1 Å². The van der Waals surface area contributed by atoms with Crippen LogP contribution in [-0.2, 0) is 10.0 Å². The molecule has 106 valence electrons. The first-order valence-corrected chi connectivity index (χ1v) is 8.74. The molecule has 2 heterocycles. The summed E-state index contributed by atoms with van der Waals surface area (Å²) < 4.78 is 25.6. The predicted octanol–water partition coefficient (Wildman–Crippen LogP) is 1.21. The first-order valence-electron chi connectivity index (χ1n) is 6.21. The lowest BCUT2D eigenvalue weighted by atomic mass is 10.2. The van der Waals surface area contributed by atoms with Crippen LogP contribution < -0.4 is 4.72 Å². The molecule has 7 heteroatoms. The molecule has 2 rings (SSSR count). The number of sulfonamides is 1. The molecule has 0 saturated carbocycles. The first kappa shape index (κ1) is 14.5. The molecule has 5 nitrogen and oxygen atoms in total. The SMILES string of the molecule is CNS(=O)(=O)C[C@@H]1CCCN1C(=O)c1sccc1C. The van der Waals surface area contributed by atoms with Crippen LogP contribution in [0.5, 0.6) is 0 Å². The summed E-state index contributed by atoms with van der Waals surface area (Å²) in [7, 11) is -1.89. The molecular formula is C12H18N2O3S2. The highest BCUT2D eigenvalue weighted by atomic mass is 32.2. The fraction of sp³-hybridized carbons (Fsp3) is 0.583. The smallest absolute Gasteiger partial charge is 0.264 e. The van der Waals surface area contributed by atoms with E-state index in [0.717, 1.165) is 18.4 Å². The van der Waals surface area contributed by atoms with Crippen LogP contribution in [-0.4, -0.2) is 44.6 Å². The van der Waals surface area contributed by atoms with Crippen LogP contribution in [0, 0.1) is 6.92 Å². The van der Waals surface area contributed by atoms with Crippen molar-refractivity contribution in [3.05, 3.63) is 21.9 Å². The minimum Gasteiger partial charge on any atom is -0.334 e. The van der Waals surface area contributed by atoms with Gasteiger partial charge in [-0.2, -0.15) is 0 Å². The third kappa shape index (κ3) is 3.16. The van der Waals surface area contributed by atoms with Crippen LogP contribution in [0.1, 0.15) is 28.1 Å². The van der Waals surface area contributed by atoms with Gasteiger partial charge < -0.3 is 4.90 Å². The molecule has 0 radical (unpaired) electrons. The van der Waals surface area contributed by atoms with Gasteiger partial charge in [0.15, 0.2) is 0 Å². The van der Waals surface area contributed by atoms with Crippen molar-refractivity contribution >= 4 is 27.3 Å². The van der Waals surface area contributed by atoms with Gasteiger partial charge in [0, 0.05) is 12.6 Å². The van der Waals surface area contributed by atoms with Gasteiger partial charge in [0.1, 0.15) is 0 Å². The fourth-order valence-corrected chi connectivity index (χ4v) is 4.24. The Morgan fingerprint density at radius 2 is 2.32 bits per heavy atom. The third-order valence-corrected chi connectivity index (χ3v) is 5.87. The highest BCUT2D eigenvalue weighted by Gasteiger charge is 2.33. The highest BCUT2D eigenvalue weighted by molar-refractivity contribution is 7.89. The maximum atomic E-state index is 12.4. The summed E-state index contributed by atoms with van der Waals surface area (Å²) in [5, 5.41) is 1.89. The second-order valence-corrected chi connectivity index (χ2v) is 7.60. The lowest BCUT2D eigenvalue weighted by Gasteiger charge is -2.24. The van der Waals surface area contributed by atoms with Crippen molar-refractivity contribution < 1.29 is 13.2 Å². The number of hydrogen-bond donors (Lipinski definition) is 1. The van der Waals surface area contributed by atoms with Gasteiger partial charge >= 0.3 is 0 Å². The van der Waals surface area contributed by atoms with E-state index < -0.39 is 10.0 Å². The van der Waals surface area contributed by atoms with Crippen LogP contribution in [0.15, 0.2) is 11.4 Å². The zero-order valence-corrected chi connectivity index (χ0v) is 12.7. The highest BCUT2D eigenvalue weighted by Crippen LogP contribution is 2.25.